The molecule has 2 rings (SSSR count). The van der Waals surface area contributed by atoms with E-state index in [1.54, 1.807) is 0 Å². The average Bonchev–Trinajstić information content (AvgIpc) is 2.33. The Balaban J connectivity index is 2.03. The minimum absolute atomic E-state index is 0.675. The fraction of sp³-hybridized carbons (Fsp3) is 0.429. The van der Waals surface area contributed by atoms with Gasteiger partial charge in [-0.2, -0.15) is 12.6 Å². The van der Waals surface area contributed by atoms with E-state index in [1.807, 2.05) is 0 Å². The van der Waals surface area contributed by atoms with Crippen molar-refractivity contribution in [3.63, 3.8) is 0 Å². The molecular weight excluding hydrogens is 200 g/mol. The average molecular weight is 218 g/mol. The summed E-state index contributed by atoms with van der Waals surface area (Å²) >= 11 is 4.52. The van der Waals surface area contributed by atoms with Crippen molar-refractivity contribution in [1.29, 1.82) is 0 Å². The van der Waals surface area contributed by atoms with Crippen molar-refractivity contribution < 1.29 is 0 Å². The fourth-order valence-electron chi connectivity index (χ4n) is 2.42. The molecule has 0 aliphatic heterocycles. The lowest BCUT2D eigenvalue weighted by molar-refractivity contribution is 0.340. The van der Waals surface area contributed by atoms with Crippen LogP contribution in [0.15, 0.2) is 48.6 Å². The topological polar surface area (TPSA) is 0 Å². The first-order valence-corrected chi connectivity index (χ1v) is 6.32. The zero-order valence-electron chi connectivity index (χ0n) is 8.92. The van der Waals surface area contributed by atoms with E-state index in [0.717, 1.165) is 5.75 Å². The van der Waals surface area contributed by atoms with Gasteiger partial charge in [-0.1, -0.05) is 48.6 Å². The molecule has 0 nitrogen and oxygen atoms in total. The molecule has 2 aliphatic rings. The normalized spacial score (nSPS) is 30.7. The molecule has 0 saturated carbocycles. The lowest BCUT2D eigenvalue weighted by Crippen LogP contribution is -2.23. The lowest BCUT2D eigenvalue weighted by Gasteiger charge is -2.30. The van der Waals surface area contributed by atoms with Crippen molar-refractivity contribution in [2.45, 2.75) is 12.8 Å². The molecule has 0 amide bonds. The molecule has 0 N–H and O–H groups in total. The van der Waals surface area contributed by atoms with E-state index in [-0.39, 0.29) is 0 Å². The first-order valence-electron chi connectivity index (χ1n) is 5.69. The number of hydrogen-bond donors (Lipinski definition) is 1. The Morgan fingerprint density at radius 1 is 0.933 bits per heavy atom. The molecule has 80 valence electrons. The van der Waals surface area contributed by atoms with Gasteiger partial charge in [-0.25, -0.2) is 0 Å². The van der Waals surface area contributed by atoms with Crippen LogP contribution < -0.4 is 0 Å². The first kappa shape index (κ1) is 10.8. The van der Waals surface area contributed by atoms with Gasteiger partial charge in [0.05, 0.1) is 0 Å². The summed E-state index contributed by atoms with van der Waals surface area (Å²) in [5, 5.41) is 0. The Hall–Kier alpha value is -0.690. The van der Waals surface area contributed by atoms with Crippen LogP contribution in [-0.2, 0) is 0 Å². The van der Waals surface area contributed by atoms with Gasteiger partial charge in [0.25, 0.3) is 0 Å². The quantitative estimate of drug-likeness (QED) is 0.684. The van der Waals surface area contributed by atoms with Crippen molar-refractivity contribution in [3.05, 3.63) is 48.6 Å². The number of hydrogen-bond acceptors (Lipinski definition) is 1. The third-order valence-electron chi connectivity index (χ3n) is 3.34. The van der Waals surface area contributed by atoms with Gasteiger partial charge in [0.1, 0.15) is 0 Å². The third-order valence-corrected chi connectivity index (χ3v) is 3.76. The standard InChI is InChI=1S/C14H18S/c15-11-14(12-7-3-1-4-8-12)13-9-5-2-6-10-13/h1-7,9,12-15H,8,10-11H2. The van der Waals surface area contributed by atoms with Crippen molar-refractivity contribution in [2.24, 2.45) is 17.8 Å². The molecule has 0 bridgehead atoms. The first-order chi connectivity index (χ1) is 7.42. The second kappa shape index (κ2) is 5.41. The Morgan fingerprint density at radius 2 is 1.47 bits per heavy atom. The van der Waals surface area contributed by atoms with Crippen LogP contribution in [0.1, 0.15) is 12.8 Å². The molecule has 1 heteroatoms. The maximum atomic E-state index is 4.52. The van der Waals surface area contributed by atoms with Gasteiger partial charge < -0.3 is 0 Å². The number of thiol groups is 1. The molecule has 0 aromatic carbocycles. The van der Waals surface area contributed by atoms with Crippen LogP contribution in [0.25, 0.3) is 0 Å². The zero-order valence-corrected chi connectivity index (χ0v) is 9.81. The molecule has 0 aromatic rings. The monoisotopic (exact) mass is 218 g/mol. The highest BCUT2D eigenvalue weighted by Crippen LogP contribution is 2.32. The van der Waals surface area contributed by atoms with E-state index < -0.39 is 0 Å². The van der Waals surface area contributed by atoms with Gasteiger partial charge in [-0.3, -0.25) is 0 Å². The summed E-state index contributed by atoms with van der Waals surface area (Å²) < 4.78 is 0. The molecule has 15 heavy (non-hydrogen) atoms. The summed E-state index contributed by atoms with van der Waals surface area (Å²) in [4.78, 5) is 0. The molecule has 0 aromatic heterocycles. The van der Waals surface area contributed by atoms with E-state index in [4.69, 9.17) is 0 Å². The van der Waals surface area contributed by atoms with Crippen LogP contribution in [0.5, 0.6) is 0 Å². The van der Waals surface area contributed by atoms with Gasteiger partial charge in [0, 0.05) is 0 Å². The molecule has 0 saturated heterocycles. The smallest absolute Gasteiger partial charge is 0.00580 e. The largest absolute Gasteiger partial charge is 0.179 e. The van der Waals surface area contributed by atoms with Gasteiger partial charge in [0.15, 0.2) is 0 Å². The summed E-state index contributed by atoms with van der Waals surface area (Å²) in [6.07, 6.45) is 20.2. The Kier molecular flexibility index (Phi) is 3.90. The highest BCUT2D eigenvalue weighted by molar-refractivity contribution is 7.80. The molecule has 2 unspecified atom stereocenters. The Bertz CT molecular complexity index is 279. The molecule has 0 heterocycles. The van der Waals surface area contributed by atoms with Gasteiger partial charge >= 0.3 is 0 Å². The predicted octanol–water partition coefficient (Wildman–Crippen LogP) is 3.80. The minimum Gasteiger partial charge on any atom is -0.179 e. The maximum absolute atomic E-state index is 4.52. The predicted molar refractivity (Wildman–Crippen MR) is 70.1 cm³/mol. The van der Waals surface area contributed by atoms with Crippen molar-refractivity contribution in [2.75, 3.05) is 5.75 Å². The molecular formula is C14H18S. The zero-order chi connectivity index (χ0) is 10.5. The lowest BCUT2D eigenvalue weighted by atomic mass is 9.77. The SMILES string of the molecule is SCC(C1C=CC=CC1)C1C=CC=CC1. The molecule has 2 aliphatic carbocycles. The van der Waals surface area contributed by atoms with Gasteiger partial charge in [-0.05, 0) is 36.3 Å². The van der Waals surface area contributed by atoms with Gasteiger partial charge in [0.2, 0.25) is 0 Å². The summed E-state index contributed by atoms with van der Waals surface area (Å²) in [7, 11) is 0. The number of rotatable bonds is 3. The van der Waals surface area contributed by atoms with E-state index in [1.165, 1.54) is 12.8 Å². The summed E-state index contributed by atoms with van der Waals surface area (Å²) in [6.45, 7) is 0. The second-order valence-electron chi connectivity index (χ2n) is 4.27. The van der Waals surface area contributed by atoms with Crippen LogP contribution >= 0.6 is 12.6 Å². The maximum Gasteiger partial charge on any atom is -0.00580 e. The van der Waals surface area contributed by atoms with E-state index in [2.05, 4.69) is 61.2 Å². The molecule has 0 spiro atoms. The minimum atomic E-state index is 0.675. The summed E-state index contributed by atoms with van der Waals surface area (Å²) in [5.41, 5.74) is 0. The molecule has 2 atom stereocenters. The van der Waals surface area contributed by atoms with E-state index in [0.29, 0.717) is 17.8 Å². The van der Waals surface area contributed by atoms with Crippen LogP contribution in [0.2, 0.25) is 0 Å². The van der Waals surface area contributed by atoms with Crippen LogP contribution in [0, 0.1) is 17.8 Å². The molecule has 0 radical (unpaired) electrons. The molecule has 0 fully saturated rings. The van der Waals surface area contributed by atoms with Crippen molar-refractivity contribution >= 4 is 12.6 Å². The van der Waals surface area contributed by atoms with Crippen molar-refractivity contribution in [1.82, 2.24) is 0 Å². The van der Waals surface area contributed by atoms with Gasteiger partial charge in [-0.15, -0.1) is 0 Å². The van der Waals surface area contributed by atoms with Crippen LogP contribution in [-0.4, -0.2) is 5.75 Å². The second-order valence-corrected chi connectivity index (χ2v) is 4.64. The van der Waals surface area contributed by atoms with E-state index >= 15 is 0 Å². The fourth-order valence-corrected chi connectivity index (χ4v) is 2.96. The highest BCUT2D eigenvalue weighted by Gasteiger charge is 2.25. The Morgan fingerprint density at radius 3 is 1.80 bits per heavy atom. The third kappa shape index (κ3) is 2.66. The van der Waals surface area contributed by atoms with Crippen LogP contribution in [0.4, 0.5) is 0 Å². The summed E-state index contributed by atoms with van der Waals surface area (Å²) in [6, 6.07) is 0. The number of allylic oxidation sites excluding steroid dienone is 8. The van der Waals surface area contributed by atoms with Crippen molar-refractivity contribution in [3.8, 4) is 0 Å². The van der Waals surface area contributed by atoms with Crippen LogP contribution in [0.3, 0.4) is 0 Å². The Labute approximate surface area is 97.9 Å². The highest BCUT2D eigenvalue weighted by atomic mass is 32.1. The summed E-state index contributed by atoms with van der Waals surface area (Å²) in [5.74, 6) is 3.00. The van der Waals surface area contributed by atoms with E-state index in [9.17, 15) is 0 Å².